The van der Waals surface area contributed by atoms with E-state index in [0.717, 1.165) is 19.1 Å². The lowest BCUT2D eigenvalue weighted by molar-refractivity contribution is -0.145. The second-order valence-electron chi connectivity index (χ2n) is 2.97. The molecule has 1 fully saturated rings. The SMILES string of the molecule is CS(=O)(=O)OCCOC(=O)C1CC1. The maximum Gasteiger partial charge on any atom is 0.309 e. The Balaban J connectivity index is 2.04. The fraction of sp³-hybridized carbons (Fsp3) is 0.857. The van der Waals surface area contributed by atoms with Crippen LogP contribution >= 0.6 is 0 Å². The van der Waals surface area contributed by atoms with Gasteiger partial charge in [0.2, 0.25) is 0 Å². The summed E-state index contributed by atoms with van der Waals surface area (Å²) < 4.78 is 30.0. The van der Waals surface area contributed by atoms with Gasteiger partial charge in [-0.3, -0.25) is 8.98 Å². The van der Waals surface area contributed by atoms with E-state index in [0.29, 0.717) is 0 Å². The molecular weight excluding hydrogens is 196 g/mol. The summed E-state index contributed by atoms with van der Waals surface area (Å²) in [5, 5.41) is 0. The number of hydrogen-bond acceptors (Lipinski definition) is 5. The van der Waals surface area contributed by atoms with Crippen LogP contribution in [0.2, 0.25) is 0 Å². The van der Waals surface area contributed by atoms with Gasteiger partial charge in [-0.05, 0) is 12.8 Å². The van der Waals surface area contributed by atoms with Crippen LogP contribution in [0.5, 0.6) is 0 Å². The van der Waals surface area contributed by atoms with Crippen molar-refractivity contribution >= 4 is 16.1 Å². The molecule has 1 saturated carbocycles. The molecule has 0 atom stereocenters. The molecule has 0 aliphatic heterocycles. The van der Waals surface area contributed by atoms with Gasteiger partial charge in [0.1, 0.15) is 13.2 Å². The first-order valence-electron chi connectivity index (χ1n) is 4.00. The van der Waals surface area contributed by atoms with Crippen LogP contribution in [0.25, 0.3) is 0 Å². The maximum atomic E-state index is 10.9. The summed E-state index contributed by atoms with van der Waals surface area (Å²) in [5.74, 6) is -0.213. The van der Waals surface area contributed by atoms with Crippen LogP contribution in [0, 0.1) is 5.92 Å². The topological polar surface area (TPSA) is 69.7 Å². The number of hydrogen-bond donors (Lipinski definition) is 0. The highest BCUT2D eigenvalue weighted by Gasteiger charge is 2.31. The number of rotatable bonds is 5. The summed E-state index contributed by atoms with van der Waals surface area (Å²) >= 11 is 0. The number of ether oxygens (including phenoxy) is 1. The Labute approximate surface area is 77.1 Å². The lowest BCUT2D eigenvalue weighted by Gasteiger charge is -2.02. The zero-order valence-electron chi connectivity index (χ0n) is 7.36. The molecule has 0 unspecified atom stereocenters. The second kappa shape index (κ2) is 4.06. The van der Waals surface area contributed by atoms with Crippen molar-refractivity contribution in [1.82, 2.24) is 0 Å². The summed E-state index contributed by atoms with van der Waals surface area (Å²) in [5.41, 5.74) is 0. The average molecular weight is 208 g/mol. The third-order valence-corrected chi connectivity index (χ3v) is 2.13. The Bertz CT molecular complexity index is 277. The smallest absolute Gasteiger partial charge is 0.309 e. The minimum Gasteiger partial charge on any atom is -0.463 e. The zero-order chi connectivity index (χ0) is 9.90. The van der Waals surface area contributed by atoms with E-state index in [2.05, 4.69) is 4.18 Å². The van der Waals surface area contributed by atoms with Crippen LogP contribution in [-0.2, 0) is 23.8 Å². The van der Waals surface area contributed by atoms with Crippen molar-refractivity contribution in [2.75, 3.05) is 19.5 Å². The molecule has 0 saturated heterocycles. The van der Waals surface area contributed by atoms with Gasteiger partial charge < -0.3 is 4.74 Å². The monoisotopic (exact) mass is 208 g/mol. The summed E-state index contributed by atoms with van der Waals surface area (Å²) in [6, 6.07) is 0. The summed E-state index contributed by atoms with van der Waals surface area (Å²) in [7, 11) is -3.42. The van der Waals surface area contributed by atoms with Gasteiger partial charge in [-0.2, -0.15) is 8.42 Å². The zero-order valence-corrected chi connectivity index (χ0v) is 8.17. The Morgan fingerprint density at radius 2 is 2.00 bits per heavy atom. The highest BCUT2D eigenvalue weighted by Crippen LogP contribution is 2.29. The molecule has 0 N–H and O–H groups in total. The van der Waals surface area contributed by atoms with Gasteiger partial charge in [0.25, 0.3) is 10.1 Å². The largest absolute Gasteiger partial charge is 0.463 e. The molecule has 1 aliphatic rings. The van der Waals surface area contributed by atoms with E-state index in [-0.39, 0.29) is 25.1 Å². The van der Waals surface area contributed by atoms with Gasteiger partial charge in [-0.15, -0.1) is 0 Å². The first kappa shape index (κ1) is 10.5. The summed E-state index contributed by atoms with van der Waals surface area (Å²) in [4.78, 5) is 10.9. The van der Waals surface area contributed by atoms with Gasteiger partial charge in [0.15, 0.2) is 0 Å². The molecule has 0 aromatic rings. The molecule has 0 radical (unpaired) electrons. The number of carbonyl (C=O) groups is 1. The molecular formula is C7H12O5S. The standard InChI is InChI=1S/C7H12O5S/c1-13(9,10)12-5-4-11-7(8)6-2-3-6/h6H,2-5H2,1H3. The van der Waals surface area contributed by atoms with Crippen molar-refractivity contribution in [1.29, 1.82) is 0 Å². The lowest BCUT2D eigenvalue weighted by atomic mass is 10.4. The van der Waals surface area contributed by atoms with Crippen LogP contribution < -0.4 is 0 Å². The minimum absolute atomic E-state index is 0.00238. The number of carbonyl (C=O) groups excluding carboxylic acids is 1. The highest BCUT2D eigenvalue weighted by molar-refractivity contribution is 7.85. The van der Waals surface area contributed by atoms with E-state index >= 15 is 0 Å². The predicted octanol–water partition coefficient (Wildman–Crippen LogP) is -0.0842. The minimum atomic E-state index is -3.42. The molecule has 0 heterocycles. The third kappa shape index (κ3) is 4.84. The number of esters is 1. The Kier molecular flexibility index (Phi) is 3.27. The van der Waals surface area contributed by atoms with Gasteiger partial charge in [0, 0.05) is 0 Å². The van der Waals surface area contributed by atoms with E-state index in [9.17, 15) is 13.2 Å². The van der Waals surface area contributed by atoms with E-state index < -0.39 is 10.1 Å². The van der Waals surface area contributed by atoms with Crippen molar-refractivity contribution in [2.24, 2.45) is 5.92 Å². The molecule has 0 aromatic carbocycles. The average Bonchev–Trinajstić information content (AvgIpc) is 2.77. The van der Waals surface area contributed by atoms with E-state index in [1.165, 1.54) is 0 Å². The highest BCUT2D eigenvalue weighted by atomic mass is 32.2. The van der Waals surface area contributed by atoms with Crippen molar-refractivity contribution in [3.63, 3.8) is 0 Å². The molecule has 13 heavy (non-hydrogen) atoms. The maximum absolute atomic E-state index is 10.9. The van der Waals surface area contributed by atoms with Crippen molar-refractivity contribution in [3.05, 3.63) is 0 Å². The first-order valence-corrected chi connectivity index (χ1v) is 5.82. The van der Waals surface area contributed by atoms with E-state index in [1.807, 2.05) is 0 Å². The van der Waals surface area contributed by atoms with Crippen LogP contribution in [0.1, 0.15) is 12.8 Å². The summed E-state index contributed by atoms with van der Waals surface area (Å²) in [6.07, 6.45) is 2.72. The molecule has 5 nitrogen and oxygen atoms in total. The second-order valence-corrected chi connectivity index (χ2v) is 4.61. The predicted molar refractivity (Wildman–Crippen MR) is 44.5 cm³/mol. The van der Waals surface area contributed by atoms with Gasteiger partial charge in [0.05, 0.1) is 12.2 Å². The van der Waals surface area contributed by atoms with Crippen LogP contribution in [0.4, 0.5) is 0 Å². The lowest BCUT2D eigenvalue weighted by Crippen LogP contribution is -2.14. The molecule has 0 spiro atoms. The molecule has 76 valence electrons. The van der Waals surface area contributed by atoms with Crippen LogP contribution in [0.15, 0.2) is 0 Å². The Hall–Kier alpha value is -0.620. The molecule has 1 aliphatic carbocycles. The molecule has 0 amide bonds. The third-order valence-electron chi connectivity index (χ3n) is 1.54. The van der Waals surface area contributed by atoms with Crippen molar-refractivity contribution in [2.45, 2.75) is 12.8 Å². The van der Waals surface area contributed by atoms with Gasteiger partial charge in [-0.25, -0.2) is 0 Å². The summed E-state index contributed by atoms with van der Waals surface area (Å²) in [6.45, 7) is -0.0975. The van der Waals surface area contributed by atoms with Crippen LogP contribution in [0.3, 0.4) is 0 Å². The molecule has 6 heteroatoms. The van der Waals surface area contributed by atoms with Crippen molar-refractivity contribution < 1.29 is 22.1 Å². The fourth-order valence-electron chi connectivity index (χ4n) is 0.765. The first-order chi connectivity index (χ1) is 5.99. The molecule has 0 bridgehead atoms. The Morgan fingerprint density at radius 1 is 1.38 bits per heavy atom. The van der Waals surface area contributed by atoms with E-state index in [1.54, 1.807) is 0 Å². The molecule has 1 rings (SSSR count). The quantitative estimate of drug-likeness (QED) is 0.359. The van der Waals surface area contributed by atoms with Gasteiger partial charge in [-0.1, -0.05) is 0 Å². The van der Waals surface area contributed by atoms with Crippen LogP contribution in [-0.4, -0.2) is 33.9 Å². The molecule has 0 aromatic heterocycles. The van der Waals surface area contributed by atoms with Gasteiger partial charge >= 0.3 is 5.97 Å². The van der Waals surface area contributed by atoms with Crippen molar-refractivity contribution in [3.8, 4) is 0 Å². The normalized spacial score (nSPS) is 17.0. The fourth-order valence-corrected chi connectivity index (χ4v) is 1.14. The van der Waals surface area contributed by atoms with E-state index in [4.69, 9.17) is 4.74 Å². The Morgan fingerprint density at radius 3 is 2.46 bits per heavy atom.